The second kappa shape index (κ2) is 57.3. The summed E-state index contributed by atoms with van der Waals surface area (Å²) in [5.41, 5.74) is 0. The summed E-state index contributed by atoms with van der Waals surface area (Å²) in [6, 6.07) is 0. The van der Waals surface area contributed by atoms with Crippen LogP contribution < -0.4 is 0 Å². The number of aliphatic hydroxyl groups is 1. The fourth-order valence-electron chi connectivity index (χ4n) is 7.75. The lowest BCUT2D eigenvalue weighted by Crippen LogP contribution is -2.30. The maximum atomic E-state index is 12.9. The van der Waals surface area contributed by atoms with Crippen molar-refractivity contribution in [1.82, 2.24) is 0 Å². The predicted molar refractivity (Wildman–Crippen MR) is 316 cm³/mol. The van der Waals surface area contributed by atoms with Crippen LogP contribution in [0.25, 0.3) is 0 Å². The summed E-state index contributed by atoms with van der Waals surface area (Å²) in [6.45, 7) is 4.31. The Kier molecular flexibility index (Phi) is 54.4. The topological polar surface area (TPSA) is 155 Å². The highest BCUT2D eigenvalue weighted by Crippen LogP contribution is 2.43. The monoisotopic (exact) mass is 1080 g/mol. The van der Waals surface area contributed by atoms with Crippen LogP contribution in [0.2, 0.25) is 0 Å². The number of hydrogen-bond acceptors (Lipinski definition) is 10. The van der Waals surface area contributed by atoms with E-state index in [-0.39, 0.29) is 25.9 Å². The Morgan fingerprint density at radius 2 is 0.711 bits per heavy atom. The number of unbranched alkanes of at least 4 members (excludes halogenated alkanes) is 19. The summed E-state index contributed by atoms with van der Waals surface area (Å²) in [6.07, 6.45) is 69.2. The first-order chi connectivity index (χ1) is 37.2. The summed E-state index contributed by atoms with van der Waals surface area (Å²) in [4.78, 5) is 48.6. The molecule has 0 aliphatic rings. The summed E-state index contributed by atoms with van der Waals surface area (Å²) in [5.74, 6) is -1.59. The minimum absolute atomic E-state index is 0.0500. The molecule has 3 unspecified atom stereocenters. The molecule has 0 saturated carbocycles. The zero-order chi connectivity index (χ0) is 55.5. The molecule has 0 aliphatic heterocycles. The maximum absolute atomic E-state index is 12.9. The molecule has 0 amide bonds. The van der Waals surface area contributed by atoms with Gasteiger partial charge in [-0.05, 0) is 89.9 Å². The van der Waals surface area contributed by atoms with E-state index in [4.69, 9.17) is 23.3 Å². The van der Waals surface area contributed by atoms with E-state index in [0.29, 0.717) is 19.3 Å². The van der Waals surface area contributed by atoms with Gasteiger partial charge in [-0.15, -0.1) is 0 Å². The SMILES string of the molecule is CC/C=C\C/C=C\C/C=C\C/C=C\C/C=C\CCCCCC(=O)OCC(COP(=O)(O)OCC(CO)OC(=O)CC/C=C\C/C=C\C/C=C\C/C=C\CC)OC(=O)CCCCCCCCCCCCCCCCCCC. The number of hydrogen-bond donors (Lipinski definition) is 2. The highest BCUT2D eigenvalue weighted by molar-refractivity contribution is 7.47. The van der Waals surface area contributed by atoms with E-state index in [1.807, 2.05) is 12.2 Å². The Labute approximate surface area is 463 Å². The van der Waals surface area contributed by atoms with Crippen LogP contribution in [0.5, 0.6) is 0 Å². The lowest BCUT2D eigenvalue weighted by atomic mass is 10.0. The lowest BCUT2D eigenvalue weighted by Gasteiger charge is -2.21. The molecule has 0 aromatic heterocycles. The number of carbonyl (C=O) groups is 3. The van der Waals surface area contributed by atoms with Crippen LogP contribution in [0.1, 0.15) is 239 Å². The molecule has 3 atom stereocenters. The molecular formula is C64H107O11P. The van der Waals surface area contributed by atoms with Gasteiger partial charge in [0.2, 0.25) is 0 Å². The van der Waals surface area contributed by atoms with Crippen LogP contribution in [0, 0.1) is 0 Å². The number of ether oxygens (including phenoxy) is 3. The van der Waals surface area contributed by atoms with Gasteiger partial charge in [-0.25, -0.2) is 4.57 Å². The Morgan fingerprint density at radius 1 is 0.382 bits per heavy atom. The van der Waals surface area contributed by atoms with E-state index in [1.165, 1.54) is 83.5 Å². The number of phosphoric ester groups is 1. The molecule has 0 spiro atoms. The molecule has 0 radical (unpaired) electrons. The summed E-state index contributed by atoms with van der Waals surface area (Å²) in [5, 5.41) is 9.80. The summed E-state index contributed by atoms with van der Waals surface area (Å²) in [7, 11) is -4.78. The quantitative estimate of drug-likeness (QED) is 0.0197. The highest BCUT2D eigenvalue weighted by Gasteiger charge is 2.28. The first-order valence-electron chi connectivity index (χ1n) is 29.8. The van der Waals surface area contributed by atoms with Crippen molar-refractivity contribution in [2.45, 2.75) is 251 Å². The van der Waals surface area contributed by atoms with Crippen LogP contribution >= 0.6 is 7.82 Å². The normalized spacial score (nSPS) is 14.1. The van der Waals surface area contributed by atoms with Crippen LogP contribution in [0.15, 0.2) is 109 Å². The van der Waals surface area contributed by atoms with Crippen molar-refractivity contribution in [2.24, 2.45) is 0 Å². The molecular weight excluding hydrogens is 976 g/mol. The van der Waals surface area contributed by atoms with Crippen molar-refractivity contribution >= 4 is 25.7 Å². The van der Waals surface area contributed by atoms with Crippen LogP contribution in [-0.2, 0) is 42.2 Å². The largest absolute Gasteiger partial charge is 0.472 e. The smallest absolute Gasteiger partial charge is 0.462 e. The third-order valence-electron chi connectivity index (χ3n) is 12.2. The average molecular weight is 1080 g/mol. The zero-order valence-corrected chi connectivity index (χ0v) is 48.8. The van der Waals surface area contributed by atoms with Gasteiger partial charge in [0.25, 0.3) is 0 Å². The van der Waals surface area contributed by atoms with Gasteiger partial charge in [0.15, 0.2) is 6.10 Å². The average Bonchev–Trinajstić information content (AvgIpc) is 3.41. The second-order valence-electron chi connectivity index (χ2n) is 19.4. The molecule has 434 valence electrons. The van der Waals surface area contributed by atoms with Crippen molar-refractivity contribution in [3.05, 3.63) is 109 Å². The third-order valence-corrected chi connectivity index (χ3v) is 13.2. The minimum Gasteiger partial charge on any atom is -0.462 e. The van der Waals surface area contributed by atoms with E-state index in [9.17, 15) is 28.9 Å². The van der Waals surface area contributed by atoms with Gasteiger partial charge >= 0.3 is 25.7 Å². The number of carbonyl (C=O) groups excluding carboxylic acids is 3. The molecule has 0 fully saturated rings. The number of esters is 3. The van der Waals surface area contributed by atoms with Gasteiger partial charge in [-0.2, -0.15) is 0 Å². The first kappa shape index (κ1) is 72.1. The number of allylic oxidation sites excluding steroid dienone is 18. The van der Waals surface area contributed by atoms with Gasteiger partial charge < -0.3 is 24.2 Å². The van der Waals surface area contributed by atoms with E-state index in [2.05, 4.69) is 118 Å². The minimum atomic E-state index is -4.78. The Morgan fingerprint density at radius 3 is 1.13 bits per heavy atom. The third kappa shape index (κ3) is 54.9. The van der Waals surface area contributed by atoms with Crippen LogP contribution in [0.3, 0.4) is 0 Å². The zero-order valence-electron chi connectivity index (χ0n) is 47.9. The van der Waals surface area contributed by atoms with Crippen LogP contribution in [0.4, 0.5) is 0 Å². The van der Waals surface area contributed by atoms with Gasteiger partial charge in [0.1, 0.15) is 12.7 Å². The number of aliphatic hydroxyl groups excluding tert-OH is 1. The van der Waals surface area contributed by atoms with E-state index < -0.39 is 57.8 Å². The van der Waals surface area contributed by atoms with Gasteiger partial charge in [0.05, 0.1) is 19.8 Å². The van der Waals surface area contributed by atoms with Crippen LogP contribution in [-0.4, -0.2) is 66.5 Å². The first-order valence-corrected chi connectivity index (χ1v) is 31.3. The van der Waals surface area contributed by atoms with E-state index in [0.717, 1.165) is 96.3 Å². The molecule has 2 N–H and O–H groups in total. The molecule has 12 heteroatoms. The maximum Gasteiger partial charge on any atom is 0.472 e. The Balaban J connectivity index is 4.83. The molecule has 11 nitrogen and oxygen atoms in total. The lowest BCUT2D eigenvalue weighted by molar-refractivity contribution is -0.161. The van der Waals surface area contributed by atoms with Crippen molar-refractivity contribution in [3.8, 4) is 0 Å². The fourth-order valence-corrected chi connectivity index (χ4v) is 8.53. The molecule has 76 heavy (non-hydrogen) atoms. The molecule has 0 heterocycles. The van der Waals surface area contributed by atoms with Crippen molar-refractivity contribution < 1.29 is 52.2 Å². The Hall–Kier alpha value is -3.86. The molecule has 0 aromatic carbocycles. The second-order valence-corrected chi connectivity index (χ2v) is 20.9. The molecule has 0 bridgehead atoms. The molecule has 0 rings (SSSR count). The predicted octanol–water partition coefficient (Wildman–Crippen LogP) is 17.8. The summed E-state index contributed by atoms with van der Waals surface area (Å²) >= 11 is 0. The van der Waals surface area contributed by atoms with Crippen molar-refractivity contribution in [3.63, 3.8) is 0 Å². The number of rotatable bonds is 54. The fraction of sp³-hybridized carbons (Fsp3) is 0.672. The van der Waals surface area contributed by atoms with Gasteiger partial charge in [-0.1, -0.05) is 239 Å². The van der Waals surface area contributed by atoms with Crippen molar-refractivity contribution in [2.75, 3.05) is 26.4 Å². The standard InChI is InChI=1S/C64H107O11P/c1-4-7-10-13-16-19-22-25-27-29-30-32-33-36-38-41-44-47-50-53-62(66)71-57-61(75-64(68)55-52-49-46-43-40-37-34-31-28-26-23-20-17-14-11-8-5-2)59-73-76(69,70)72-58-60(56-65)74-63(67)54-51-48-45-42-39-35-24-21-18-15-12-9-6-3/h7,9-10,12,16,18-19,21,25,27,30,32,35-36,38-39,45,48,60-61,65H,4-6,8,11,13-15,17,20,22-24,26,28-29,31,33-34,37,40-44,46-47,49-59H2,1-3H3,(H,69,70)/b10-7-,12-9-,19-16-,21-18-,27-25-,32-30-,38-36-,39-35-,48-45-. The molecule has 0 aromatic rings. The molecule has 0 saturated heterocycles. The van der Waals surface area contributed by atoms with Gasteiger partial charge in [0, 0.05) is 19.3 Å². The highest BCUT2D eigenvalue weighted by atomic mass is 31.2. The van der Waals surface area contributed by atoms with Crippen molar-refractivity contribution in [1.29, 1.82) is 0 Å². The van der Waals surface area contributed by atoms with Gasteiger partial charge in [-0.3, -0.25) is 23.4 Å². The molecule has 0 aliphatic carbocycles. The van der Waals surface area contributed by atoms with E-state index in [1.54, 1.807) is 0 Å². The van der Waals surface area contributed by atoms with E-state index >= 15 is 0 Å². The Bertz CT molecular complexity index is 1690. The number of phosphoric acid groups is 1. The summed E-state index contributed by atoms with van der Waals surface area (Å²) < 4.78 is 39.4.